The molecule has 0 amide bonds. The Bertz CT molecular complexity index is 501. The zero-order chi connectivity index (χ0) is 12.5. The van der Waals surface area contributed by atoms with Gasteiger partial charge in [0.1, 0.15) is 0 Å². The Kier molecular flexibility index (Phi) is 3.76. The summed E-state index contributed by atoms with van der Waals surface area (Å²) in [5.41, 5.74) is 5.84. The van der Waals surface area contributed by atoms with Crippen LogP contribution in [0.2, 0.25) is 5.02 Å². The van der Waals surface area contributed by atoms with Gasteiger partial charge in [0.2, 0.25) is 0 Å². The summed E-state index contributed by atoms with van der Waals surface area (Å²) in [5.74, 6) is 0. The van der Waals surface area contributed by atoms with Crippen molar-refractivity contribution in [2.75, 3.05) is 0 Å². The van der Waals surface area contributed by atoms with Crippen molar-refractivity contribution in [3.8, 4) is 0 Å². The molecular formula is C12H16ClNO2S. The van der Waals surface area contributed by atoms with E-state index in [1.165, 1.54) is 6.07 Å². The van der Waals surface area contributed by atoms with E-state index in [4.69, 9.17) is 17.3 Å². The number of hydrogen-bond acceptors (Lipinski definition) is 3. The standard InChI is InChI=1S/C12H16ClNO2S/c13-9-3-1-5-11(7-9)17(15,16)12-6-2-4-10(14)8-12/h1,3,5,7,10,12H,2,4,6,8,14H2. The topological polar surface area (TPSA) is 60.2 Å². The van der Waals surface area contributed by atoms with Crippen molar-refractivity contribution in [3.05, 3.63) is 29.3 Å². The number of halogens is 1. The van der Waals surface area contributed by atoms with Crippen LogP contribution in [0.4, 0.5) is 0 Å². The minimum absolute atomic E-state index is 0.00251. The van der Waals surface area contributed by atoms with Crippen LogP contribution in [0.5, 0.6) is 0 Å². The molecule has 0 aliphatic heterocycles. The molecule has 2 atom stereocenters. The van der Waals surface area contributed by atoms with Gasteiger partial charge in [0.05, 0.1) is 10.1 Å². The lowest BCUT2D eigenvalue weighted by atomic mass is 9.96. The summed E-state index contributed by atoms with van der Waals surface area (Å²) in [6.07, 6.45) is 3.05. The first kappa shape index (κ1) is 12.9. The molecule has 1 aromatic carbocycles. The molecule has 3 nitrogen and oxygen atoms in total. The molecule has 0 saturated heterocycles. The maximum Gasteiger partial charge on any atom is 0.181 e. The van der Waals surface area contributed by atoms with Crippen LogP contribution < -0.4 is 5.73 Å². The van der Waals surface area contributed by atoms with Gasteiger partial charge < -0.3 is 5.73 Å². The van der Waals surface area contributed by atoms with Crippen molar-refractivity contribution >= 4 is 21.4 Å². The molecule has 0 heterocycles. The number of rotatable bonds is 2. The van der Waals surface area contributed by atoms with E-state index in [9.17, 15) is 8.42 Å². The Morgan fingerprint density at radius 1 is 1.29 bits per heavy atom. The monoisotopic (exact) mass is 273 g/mol. The van der Waals surface area contributed by atoms with Crippen LogP contribution in [-0.4, -0.2) is 19.7 Å². The van der Waals surface area contributed by atoms with Gasteiger partial charge >= 0.3 is 0 Å². The molecule has 1 aliphatic rings. The highest BCUT2D eigenvalue weighted by Crippen LogP contribution is 2.29. The Morgan fingerprint density at radius 2 is 2.06 bits per heavy atom. The second kappa shape index (κ2) is 4.96. The van der Waals surface area contributed by atoms with Gasteiger partial charge in [-0.25, -0.2) is 8.42 Å². The van der Waals surface area contributed by atoms with Crippen molar-refractivity contribution in [2.45, 2.75) is 41.9 Å². The fourth-order valence-corrected chi connectivity index (χ4v) is 4.48. The lowest BCUT2D eigenvalue weighted by Crippen LogP contribution is -2.35. The van der Waals surface area contributed by atoms with Gasteiger partial charge in [0.25, 0.3) is 0 Å². The maximum absolute atomic E-state index is 12.4. The summed E-state index contributed by atoms with van der Waals surface area (Å²) in [6.45, 7) is 0. The van der Waals surface area contributed by atoms with Crippen LogP contribution in [0, 0.1) is 0 Å². The normalized spacial score (nSPS) is 25.8. The van der Waals surface area contributed by atoms with Crippen LogP contribution in [0.15, 0.2) is 29.2 Å². The maximum atomic E-state index is 12.4. The van der Waals surface area contributed by atoms with E-state index in [1.807, 2.05) is 0 Å². The van der Waals surface area contributed by atoms with Gasteiger partial charge in [-0.15, -0.1) is 0 Å². The third kappa shape index (κ3) is 2.81. The van der Waals surface area contributed by atoms with Crippen molar-refractivity contribution in [1.82, 2.24) is 0 Å². The highest BCUT2D eigenvalue weighted by molar-refractivity contribution is 7.92. The summed E-state index contributed by atoms with van der Waals surface area (Å²) in [6, 6.07) is 6.45. The first-order chi connectivity index (χ1) is 8.00. The fraction of sp³-hybridized carbons (Fsp3) is 0.500. The van der Waals surface area contributed by atoms with E-state index < -0.39 is 9.84 Å². The zero-order valence-electron chi connectivity index (χ0n) is 9.47. The Labute approximate surface area is 107 Å². The third-order valence-electron chi connectivity index (χ3n) is 3.23. The van der Waals surface area contributed by atoms with Crippen LogP contribution in [0.3, 0.4) is 0 Å². The van der Waals surface area contributed by atoms with E-state index in [0.29, 0.717) is 22.8 Å². The third-order valence-corrected chi connectivity index (χ3v) is 5.68. The molecule has 0 aromatic heterocycles. The smallest absolute Gasteiger partial charge is 0.181 e. The molecule has 17 heavy (non-hydrogen) atoms. The van der Waals surface area contributed by atoms with Gasteiger partial charge in [-0.05, 0) is 37.5 Å². The van der Waals surface area contributed by atoms with Gasteiger partial charge in [-0.1, -0.05) is 24.1 Å². The van der Waals surface area contributed by atoms with Crippen LogP contribution in [0.1, 0.15) is 25.7 Å². The average molecular weight is 274 g/mol. The van der Waals surface area contributed by atoms with E-state index in [2.05, 4.69) is 0 Å². The number of benzene rings is 1. The molecule has 1 fully saturated rings. The second-order valence-electron chi connectivity index (χ2n) is 4.55. The quantitative estimate of drug-likeness (QED) is 0.900. The van der Waals surface area contributed by atoms with Gasteiger partial charge in [0, 0.05) is 11.1 Å². The van der Waals surface area contributed by atoms with Crippen molar-refractivity contribution in [2.24, 2.45) is 5.73 Å². The molecule has 2 N–H and O–H groups in total. The van der Waals surface area contributed by atoms with Crippen molar-refractivity contribution in [3.63, 3.8) is 0 Å². The molecule has 0 spiro atoms. The summed E-state index contributed by atoms with van der Waals surface area (Å²) in [4.78, 5) is 0.309. The van der Waals surface area contributed by atoms with E-state index >= 15 is 0 Å². The summed E-state index contributed by atoms with van der Waals surface area (Å²) in [5, 5.41) is 0.0934. The lowest BCUT2D eigenvalue weighted by molar-refractivity contribution is 0.433. The SMILES string of the molecule is NC1CCCC(S(=O)(=O)c2cccc(Cl)c2)C1. The highest BCUT2D eigenvalue weighted by atomic mass is 35.5. The summed E-state index contributed by atoms with van der Waals surface area (Å²) in [7, 11) is -3.28. The van der Waals surface area contributed by atoms with E-state index in [0.717, 1.165) is 12.8 Å². The predicted molar refractivity (Wildman–Crippen MR) is 68.9 cm³/mol. The van der Waals surface area contributed by atoms with Crippen molar-refractivity contribution < 1.29 is 8.42 Å². The van der Waals surface area contributed by atoms with Crippen LogP contribution >= 0.6 is 11.6 Å². The Balaban J connectivity index is 2.29. The number of hydrogen-bond donors (Lipinski definition) is 1. The summed E-state index contributed by atoms with van der Waals surface area (Å²) >= 11 is 5.83. The molecule has 0 radical (unpaired) electrons. The van der Waals surface area contributed by atoms with Crippen molar-refractivity contribution in [1.29, 1.82) is 0 Å². The Morgan fingerprint density at radius 3 is 2.71 bits per heavy atom. The summed E-state index contributed by atoms with van der Waals surface area (Å²) < 4.78 is 24.7. The van der Waals surface area contributed by atoms with Gasteiger partial charge in [0.15, 0.2) is 9.84 Å². The molecule has 1 aromatic rings. The Hall–Kier alpha value is -0.580. The van der Waals surface area contributed by atoms with Crippen LogP contribution in [-0.2, 0) is 9.84 Å². The van der Waals surface area contributed by atoms with E-state index in [-0.39, 0.29) is 11.3 Å². The molecule has 94 valence electrons. The second-order valence-corrected chi connectivity index (χ2v) is 7.22. The zero-order valence-corrected chi connectivity index (χ0v) is 11.0. The fourth-order valence-electron chi connectivity index (χ4n) is 2.30. The largest absolute Gasteiger partial charge is 0.328 e. The average Bonchev–Trinajstić information content (AvgIpc) is 2.29. The first-order valence-electron chi connectivity index (χ1n) is 5.75. The number of sulfone groups is 1. The molecule has 0 bridgehead atoms. The lowest BCUT2D eigenvalue weighted by Gasteiger charge is -2.26. The molecule has 1 aliphatic carbocycles. The molecular weight excluding hydrogens is 258 g/mol. The first-order valence-corrected chi connectivity index (χ1v) is 7.67. The molecule has 2 unspecified atom stereocenters. The number of nitrogens with two attached hydrogens (primary N) is 1. The minimum atomic E-state index is -3.28. The van der Waals surface area contributed by atoms with Crippen LogP contribution in [0.25, 0.3) is 0 Å². The molecule has 2 rings (SSSR count). The molecule has 5 heteroatoms. The highest BCUT2D eigenvalue weighted by Gasteiger charge is 2.31. The van der Waals surface area contributed by atoms with E-state index in [1.54, 1.807) is 18.2 Å². The minimum Gasteiger partial charge on any atom is -0.328 e. The van der Waals surface area contributed by atoms with Gasteiger partial charge in [-0.3, -0.25) is 0 Å². The predicted octanol–water partition coefficient (Wildman–Crippen LogP) is 2.38. The molecule has 1 saturated carbocycles. The van der Waals surface area contributed by atoms with Gasteiger partial charge in [-0.2, -0.15) is 0 Å².